The third-order valence-electron chi connectivity index (χ3n) is 4.71. The summed E-state index contributed by atoms with van der Waals surface area (Å²) in [6.07, 6.45) is 2.52. The lowest BCUT2D eigenvalue weighted by Gasteiger charge is -2.17. The van der Waals surface area contributed by atoms with Crippen molar-refractivity contribution >= 4 is 23.2 Å². The maximum absolute atomic E-state index is 13.7. The number of benzene rings is 2. The standard InChI is InChI=1S/C19H15F3N2O2/c20-14-5-4-13(16(21)17(14)22)18(25)23-12-3-6-15-11(9-12)7-8-24(15)19(26)10-1-2-10/h3-6,9-10H,1-2,7-8H2,(H,23,25). The fraction of sp³-hybridized carbons (Fsp3) is 0.263. The van der Waals surface area contributed by atoms with Gasteiger partial charge in [0.1, 0.15) is 0 Å². The predicted molar refractivity (Wildman–Crippen MR) is 89.5 cm³/mol. The molecule has 0 radical (unpaired) electrons. The minimum absolute atomic E-state index is 0.122. The first-order valence-electron chi connectivity index (χ1n) is 8.35. The van der Waals surface area contributed by atoms with Gasteiger partial charge in [0, 0.05) is 23.8 Å². The largest absolute Gasteiger partial charge is 0.322 e. The Hall–Kier alpha value is -2.83. The summed E-state index contributed by atoms with van der Waals surface area (Å²) < 4.78 is 40.0. The highest BCUT2D eigenvalue weighted by Crippen LogP contribution is 2.37. The predicted octanol–water partition coefficient (Wildman–Crippen LogP) is 3.66. The summed E-state index contributed by atoms with van der Waals surface area (Å²) in [7, 11) is 0. The van der Waals surface area contributed by atoms with E-state index in [2.05, 4.69) is 5.32 Å². The van der Waals surface area contributed by atoms with Crippen LogP contribution in [0.4, 0.5) is 24.5 Å². The van der Waals surface area contributed by atoms with Gasteiger partial charge in [-0.05, 0) is 55.2 Å². The quantitative estimate of drug-likeness (QED) is 0.850. The molecule has 4 rings (SSSR count). The molecule has 1 aliphatic heterocycles. The molecule has 2 aromatic carbocycles. The number of carbonyl (C=O) groups is 2. The van der Waals surface area contributed by atoms with E-state index in [1.54, 1.807) is 23.1 Å². The van der Waals surface area contributed by atoms with Crippen LogP contribution in [-0.4, -0.2) is 18.4 Å². The van der Waals surface area contributed by atoms with Crippen LogP contribution in [0.2, 0.25) is 0 Å². The second-order valence-corrected chi connectivity index (χ2v) is 6.53. The zero-order chi connectivity index (χ0) is 18.4. The third kappa shape index (κ3) is 2.83. The van der Waals surface area contributed by atoms with Crippen LogP contribution >= 0.6 is 0 Å². The van der Waals surface area contributed by atoms with Crippen molar-refractivity contribution in [1.29, 1.82) is 0 Å². The Labute approximate surface area is 147 Å². The number of anilines is 2. The van der Waals surface area contributed by atoms with Gasteiger partial charge < -0.3 is 10.2 Å². The number of nitrogens with zero attached hydrogens (tertiary/aromatic N) is 1. The number of carbonyl (C=O) groups excluding carboxylic acids is 2. The SMILES string of the molecule is O=C(Nc1ccc2c(c1)CCN2C(=O)C1CC1)c1ccc(F)c(F)c1F. The summed E-state index contributed by atoms with van der Waals surface area (Å²) in [6.45, 7) is 0.597. The minimum Gasteiger partial charge on any atom is -0.322 e. The molecular formula is C19H15F3N2O2. The normalized spacial score (nSPS) is 15.7. The zero-order valence-corrected chi connectivity index (χ0v) is 13.7. The van der Waals surface area contributed by atoms with Gasteiger partial charge in [0.2, 0.25) is 5.91 Å². The van der Waals surface area contributed by atoms with E-state index in [4.69, 9.17) is 0 Å². The maximum atomic E-state index is 13.7. The van der Waals surface area contributed by atoms with E-state index >= 15 is 0 Å². The highest BCUT2D eigenvalue weighted by Gasteiger charge is 2.36. The van der Waals surface area contributed by atoms with E-state index in [-0.39, 0.29) is 11.8 Å². The molecule has 134 valence electrons. The van der Waals surface area contributed by atoms with Crippen molar-refractivity contribution in [3.63, 3.8) is 0 Å². The van der Waals surface area contributed by atoms with E-state index in [0.717, 1.165) is 30.2 Å². The van der Waals surface area contributed by atoms with Crippen LogP contribution in [0.3, 0.4) is 0 Å². The second kappa shape index (κ2) is 6.16. The highest BCUT2D eigenvalue weighted by molar-refractivity contribution is 6.05. The fourth-order valence-corrected chi connectivity index (χ4v) is 3.16. The van der Waals surface area contributed by atoms with Crippen molar-refractivity contribution < 1.29 is 22.8 Å². The fourth-order valence-electron chi connectivity index (χ4n) is 3.16. The van der Waals surface area contributed by atoms with E-state index in [1.807, 2.05) is 0 Å². The van der Waals surface area contributed by atoms with Crippen LogP contribution in [-0.2, 0) is 11.2 Å². The first-order chi connectivity index (χ1) is 12.5. The number of hydrogen-bond donors (Lipinski definition) is 1. The number of halogens is 3. The van der Waals surface area contributed by atoms with Crippen molar-refractivity contribution in [3.05, 3.63) is 58.9 Å². The van der Waals surface area contributed by atoms with Crippen LogP contribution in [0.5, 0.6) is 0 Å². The second-order valence-electron chi connectivity index (χ2n) is 6.53. The monoisotopic (exact) mass is 360 g/mol. The van der Waals surface area contributed by atoms with E-state index in [0.29, 0.717) is 24.7 Å². The molecule has 2 amide bonds. The molecule has 1 N–H and O–H groups in total. The molecule has 1 fully saturated rings. The van der Waals surface area contributed by atoms with Crippen LogP contribution in [0.25, 0.3) is 0 Å². The molecule has 0 spiro atoms. The summed E-state index contributed by atoms with van der Waals surface area (Å²) in [4.78, 5) is 26.2. The summed E-state index contributed by atoms with van der Waals surface area (Å²) >= 11 is 0. The van der Waals surface area contributed by atoms with Gasteiger partial charge in [-0.3, -0.25) is 9.59 Å². The number of fused-ring (bicyclic) bond motifs is 1. The molecular weight excluding hydrogens is 345 g/mol. The van der Waals surface area contributed by atoms with Crippen molar-refractivity contribution in [3.8, 4) is 0 Å². The Kier molecular flexibility index (Phi) is 3.94. The van der Waals surface area contributed by atoms with E-state index < -0.39 is 28.9 Å². The zero-order valence-electron chi connectivity index (χ0n) is 13.7. The van der Waals surface area contributed by atoms with Crippen molar-refractivity contribution in [2.45, 2.75) is 19.3 Å². The molecule has 0 unspecified atom stereocenters. The van der Waals surface area contributed by atoms with Crippen LogP contribution in [0.1, 0.15) is 28.8 Å². The topological polar surface area (TPSA) is 49.4 Å². The lowest BCUT2D eigenvalue weighted by Crippen LogP contribution is -2.30. The molecule has 4 nitrogen and oxygen atoms in total. The van der Waals surface area contributed by atoms with Crippen LogP contribution in [0.15, 0.2) is 30.3 Å². The van der Waals surface area contributed by atoms with Gasteiger partial charge in [-0.1, -0.05) is 0 Å². The average Bonchev–Trinajstić information content (AvgIpc) is 3.39. The van der Waals surface area contributed by atoms with Gasteiger partial charge in [0.25, 0.3) is 5.91 Å². The molecule has 2 aliphatic rings. The van der Waals surface area contributed by atoms with Gasteiger partial charge in [0.05, 0.1) is 5.56 Å². The maximum Gasteiger partial charge on any atom is 0.258 e. The van der Waals surface area contributed by atoms with Crippen molar-refractivity contribution in [1.82, 2.24) is 0 Å². The molecule has 0 atom stereocenters. The lowest BCUT2D eigenvalue weighted by molar-refractivity contribution is -0.119. The summed E-state index contributed by atoms with van der Waals surface area (Å²) in [6, 6.07) is 6.65. The van der Waals surface area contributed by atoms with Crippen molar-refractivity contribution in [2.75, 3.05) is 16.8 Å². The van der Waals surface area contributed by atoms with Crippen LogP contribution in [0, 0.1) is 23.4 Å². The Morgan fingerprint density at radius 2 is 1.81 bits per heavy atom. The van der Waals surface area contributed by atoms with E-state index in [9.17, 15) is 22.8 Å². The average molecular weight is 360 g/mol. The van der Waals surface area contributed by atoms with Gasteiger partial charge in [-0.25, -0.2) is 13.2 Å². The molecule has 1 heterocycles. The minimum atomic E-state index is -1.68. The Bertz CT molecular complexity index is 925. The molecule has 0 aromatic heterocycles. The molecule has 2 aromatic rings. The van der Waals surface area contributed by atoms with Gasteiger partial charge >= 0.3 is 0 Å². The Balaban J connectivity index is 1.54. The van der Waals surface area contributed by atoms with Crippen LogP contribution < -0.4 is 10.2 Å². The molecule has 0 bridgehead atoms. The van der Waals surface area contributed by atoms with Gasteiger partial charge in [-0.2, -0.15) is 0 Å². The molecule has 26 heavy (non-hydrogen) atoms. The van der Waals surface area contributed by atoms with Gasteiger partial charge in [0.15, 0.2) is 17.5 Å². The third-order valence-corrected chi connectivity index (χ3v) is 4.71. The Morgan fingerprint density at radius 3 is 2.54 bits per heavy atom. The van der Waals surface area contributed by atoms with Gasteiger partial charge in [-0.15, -0.1) is 0 Å². The first-order valence-corrected chi connectivity index (χ1v) is 8.35. The van der Waals surface area contributed by atoms with Crippen molar-refractivity contribution in [2.24, 2.45) is 5.92 Å². The lowest BCUT2D eigenvalue weighted by atomic mass is 10.1. The number of amides is 2. The number of nitrogens with one attached hydrogen (secondary N) is 1. The molecule has 0 saturated heterocycles. The first kappa shape index (κ1) is 16.6. The summed E-state index contributed by atoms with van der Waals surface area (Å²) in [5.74, 6) is -5.17. The molecule has 1 saturated carbocycles. The summed E-state index contributed by atoms with van der Waals surface area (Å²) in [5.41, 5.74) is 1.55. The highest BCUT2D eigenvalue weighted by atomic mass is 19.2. The smallest absolute Gasteiger partial charge is 0.258 e. The van der Waals surface area contributed by atoms with E-state index in [1.165, 1.54) is 0 Å². The Morgan fingerprint density at radius 1 is 1.04 bits per heavy atom. The molecule has 1 aliphatic carbocycles. The summed E-state index contributed by atoms with van der Waals surface area (Å²) in [5, 5.41) is 2.48. The molecule has 7 heteroatoms. The number of hydrogen-bond acceptors (Lipinski definition) is 2. The number of rotatable bonds is 3.